The van der Waals surface area contributed by atoms with Crippen molar-refractivity contribution in [2.24, 2.45) is 0 Å². The number of piperidine rings is 1. The van der Waals surface area contributed by atoms with Crippen molar-refractivity contribution in [1.82, 2.24) is 19.9 Å². The summed E-state index contributed by atoms with van der Waals surface area (Å²) in [7, 11) is 0. The van der Waals surface area contributed by atoms with Crippen LogP contribution in [0.1, 0.15) is 36.0 Å². The van der Waals surface area contributed by atoms with Crippen molar-refractivity contribution >= 4 is 29.3 Å². The summed E-state index contributed by atoms with van der Waals surface area (Å²) in [5.41, 5.74) is 6.14. The Morgan fingerprint density at radius 3 is 2.61 bits per heavy atom. The van der Waals surface area contributed by atoms with E-state index in [1.165, 1.54) is 0 Å². The molecule has 0 spiro atoms. The second-order valence-electron chi connectivity index (χ2n) is 7.09. The van der Waals surface area contributed by atoms with E-state index in [2.05, 4.69) is 19.9 Å². The fraction of sp³-hybridized carbons (Fsp3) is 0.474. The van der Waals surface area contributed by atoms with Crippen molar-refractivity contribution in [2.75, 3.05) is 36.8 Å². The number of carbonyl (C=O) groups is 1. The van der Waals surface area contributed by atoms with E-state index in [-0.39, 0.29) is 18.0 Å². The number of carbonyl (C=O) groups excluding carboxylic acids is 1. The van der Waals surface area contributed by atoms with Gasteiger partial charge in [0.2, 0.25) is 11.8 Å². The summed E-state index contributed by atoms with van der Waals surface area (Å²) in [4.78, 5) is 28.9. The molecule has 0 saturated carbocycles. The molecule has 2 aromatic heterocycles. The molecule has 148 valence electrons. The molecule has 2 fully saturated rings. The highest BCUT2D eigenvalue weighted by Gasteiger charge is 2.25. The highest BCUT2D eigenvalue weighted by atomic mass is 35.5. The van der Waals surface area contributed by atoms with E-state index < -0.39 is 0 Å². The van der Waals surface area contributed by atoms with Crippen LogP contribution in [0, 0.1) is 0 Å². The number of nitrogens with zero attached hydrogens (tertiary/aromatic N) is 5. The van der Waals surface area contributed by atoms with Crippen LogP contribution in [0.25, 0.3) is 0 Å². The lowest BCUT2D eigenvalue weighted by molar-refractivity contribution is 0.0792. The Morgan fingerprint density at radius 1 is 1.18 bits per heavy atom. The SMILES string of the molecule is Nc1nccc(OC2CCN(c3ncc(C(=O)N4CCCC4)cc3Cl)CC2)n1. The molecule has 2 aliphatic rings. The average Bonchev–Trinajstić information content (AvgIpc) is 3.23. The number of nitrogen functional groups attached to an aromatic ring is 1. The molecular formula is C19H23ClN6O2. The minimum Gasteiger partial charge on any atom is -0.474 e. The summed E-state index contributed by atoms with van der Waals surface area (Å²) < 4.78 is 5.90. The number of anilines is 2. The maximum atomic E-state index is 12.5. The van der Waals surface area contributed by atoms with E-state index in [1.807, 2.05) is 4.90 Å². The number of rotatable bonds is 4. The van der Waals surface area contributed by atoms with Crippen LogP contribution < -0.4 is 15.4 Å². The van der Waals surface area contributed by atoms with Crippen LogP contribution in [0.2, 0.25) is 5.02 Å². The number of aromatic nitrogens is 3. The number of nitrogens with two attached hydrogens (primary N) is 1. The van der Waals surface area contributed by atoms with Gasteiger partial charge in [-0.3, -0.25) is 4.79 Å². The fourth-order valence-electron chi connectivity index (χ4n) is 3.66. The number of likely N-dealkylation sites (tertiary alicyclic amines) is 1. The van der Waals surface area contributed by atoms with E-state index in [4.69, 9.17) is 22.1 Å². The third kappa shape index (κ3) is 4.11. The molecule has 4 rings (SSSR count). The molecule has 0 radical (unpaired) electrons. The largest absolute Gasteiger partial charge is 0.474 e. The average molecular weight is 403 g/mol. The molecule has 9 heteroatoms. The van der Waals surface area contributed by atoms with Crippen LogP contribution in [-0.4, -0.2) is 58.0 Å². The first-order valence-electron chi connectivity index (χ1n) is 9.55. The molecule has 1 amide bonds. The first-order chi connectivity index (χ1) is 13.6. The van der Waals surface area contributed by atoms with Crippen molar-refractivity contribution in [1.29, 1.82) is 0 Å². The van der Waals surface area contributed by atoms with Gasteiger partial charge in [-0.05, 0) is 18.9 Å². The van der Waals surface area contributed by atoms with Gasteiger partial charge in [0.25, 0.3) is 5.91 Å². The van der Waals surface area contributed by atoms with Gasteiger partial charge in [-0.2, -0.15) is 4.98 Å². The third-order valence-corrected chi connectivity index (χ3v) is 5.42. The molecule has 28 heavy (non-hydrogen) atoms. The summed E-state index contributed by atoms with van der Waals surface area (Å²) in [6.45, 7) is 3.14. The Hall–Kier alpha value is -2.61. The molecule has 2 N–H and O–H groups in total. The normalized spacial score (nSPS) is 17.8. The smallest absolute Gasteiger partial charge is 0.255 e. The summed E-state index contributed by atoms with van der Waals surface area (Å²) in [5, 5.41) is 0.507. The topological polar surface area (TPSA) is 97.5 Å². The van der Waals surface area contributed by atoms with Crippen molar-refractivity contribution in [3.63, 3.8) is 0 Å². The van der Waals surface area contributed by atoms with Gasteiger partial charge in [-0.25, -0.2) is 9.97 Å². The Balaban J connectivity index is 1.37. The van der Waals surface area contributed by atoms with Crippen LogP contribution in [0.15, 0.2) is 24.5 Å². The second kappa shape index (κ2) is 8.18. The first kappa shape index (κ1) is 18.7. The summed E-state index contributed by atoms with van der Waals surface area (Å²) in [5.74, 6) is 1.42. The molecule has 2 saturated heterocycles. The molecule has 2 aromatic rings. The van der Waals surface area contributed by atoms with Gasteiger partial charge in [0.1, 0.15) is 11.9 Å². The number of hydrogen-bond donors (Lipinski definition) is 1. The molecule has 8 nitrogen and oxygen atoms in total. The highest BCUT2D eigenvalue weighted by Crippen LogP contribution is 2.28. The van der Waals surface area contributed by atoms with Gasteiger partial charge < -0.3 is 20.3 Å². The zero-order chi connectivity index (χ0) is 19.5. The van der Waals surface area contributed by atoms with Crippen molar-refractivity contribution in [3.05, 3.63) is 35.1 Å². The standard InChI is InChI=1S/C19H23ClN6O2/c20-15-11-13(18(27)26-7-1-2-8-26)12-23-17(15)25-9-4-14(5-10-25)28-16-3-6-22-19(21)24-16/h3,6,11-12,14H,1-2,4-5,7-10H2,(H2,21,22,24). The Kier molecular flexibility index (Phi) is 5.47. The van der Waals surface area contributed by atoms with Crippen LogP contribution in [0.5, 0.6) is 5.88 Å². The van der Waals surface area contributed by atoms with E-state index in [1.54, 1.807) is 24.5 Å². The Bertz CT molecular complexity index is 850. The number of hydrogen-bond acceptors (Lipinski definition) is 7. The van der Waals surface area contributed by atoms with E-state index in [0.29, 0.717) is 22.3 Å². The van der Waals surface area contributed by atoms with Gasteiger partial charge in [0.05, 0.1) is 10.6 Å². The van der Waals surface area contributed by atoms with Crippen LogP contribution in [-0.2, 0) is 0 Å². The number of amides is 1. The zero-order valence-electron chi connectivity index (χ0n) is 15.6. The van der Waals surface area contributed by atoms with Gasteiger partial charge in [-0.15, -0.1) is 0 Å². The minimum absolute atomic E-state index is 0.00896. The highest BCUT2D eigenvalue weighted by molar-refractivity contribution is 6.33. The second-order valence-corrected chi connectivity index (χ2v) is 7.49. The molecule has 0 atom stereocenters. The zero-order valence-corrected chi connectivity index (χ0v) is 16.3. The van der Waals surface area contributed by atoms with Gasteiger partial charge in [0.15, 0.2) is 0 Å². The van der Waals surface area contributed by atoms with Gasteiger partial charge >= 0.3 is 0 Å². The summed E-state index contributed by atoms with van der Waals surface area (Å²) in [6, 6.07) is 3.44. The monoisotopic (exact) mass is 402 g/mol. The summed E-state index contributed by atoms with van der Waals surface area (Å²) in [6.07, 6.45) is 7.02. The maximum absolute atomic E-state index is 12.5. The van der Waals surface area contributed by atoms with E-state index in [0.717, 1.165) is 51.9 Å². The van der Waals surface area contributed by atoms with Crippen molar-refractivity contribution in [3.8, 4) is 5.88 Å². The van der Waals surface area contributed by atoms with E-state index in [9.17, 15) is 4.79 Å². The quantitative estimate of drug-likeness (QED) is 0.838. The fourth-order valence-corrected chi connectivity index (χ4v) is 3.95. The minimum atomic E-state index is 0.00896. The third-order valence-electron chi connectivity index (χ3n) is 5.14. The van der Waals surface area contributed by atoms with Crippen LogP contribution in [0.3, 0.4) is 0 Å². The lowest BCUT2D eigenvalue weighted by atomic mass is 10.1. The van der Waals surface area contributed by atoms with E-state index >= 15 is 0 Å². The van der Waals surface area contributed by atoms with Crippen molar-refractivity contribution < 1.29 is 9.53 Å². The molecule has 4 heterocycles. The summed E-state index contributed by atoms with van der Waals surface area (Å²) >= 11 is 6.46. The van der Waals surface area contributed by atoms with Gasteiger partial charge in [0, 0.05) is 57.5 Å². The Labute approximate surface area is 168 Å². The van der Waals surface area contributed by atoms with Crippen LogP contribution >= 0.6 is 11.6 Å². The van der Waals surface area contributed by atoms with Gasteiger partial charge in [-0.1, -0.05) is 11.6 Å². The number of ether oxygens (including phenoxy) is 1. The van der Waals surface area contributed by atoms with Crippen LogP contribution in [0.4, 0.5) is 11.8 Å². The first-order valence-corrected chi connectivity index (χ1v) is 9.93. The predicted molar refractivity (Wildman–Crippen MR) is 107 cm³/mol. The molecule has 0 aliphatic carbocycles. The molecule has 2 aliphatic heterocycles. The lowest BCUT2D eigenvalue weighted by Gasteiger charge is -2.33. The Morgan fingerprint density at radius 2 is 1.93 bits per heavy atom. The lowest BCUT2D eigenvalue weighted by Crippen LogP contribution is -2.39. The molecular weight excluding hydrogens is 380 g/mol. The predicted octanol–water partition coefficient (Wildman–Crippen LogP) is 2.39. The molecule has 0 aromatic carbocycles. The number of pyridine rings is 1. The number of halogens is 1. The maximum Gasteiger partial charge on any atom is 0.255 e. The molecule has 0 bridgehead atoms. The molecule has 0 unspecified atom stereocenters. The van der Waals surface area contributed by atoms with Crippen molar-refractivity contribution in [2.45, 2.75) is 31.8 Å².